The summed E-state index contributed by atoms with van der Waals surface area (Å²) in [6.07, 6.45) is -0.214. The number of aromatic nitrogens is 1. The van der Waals surface area contributed by atoms with E-state index in [1.165, 1.54) is 23.5 Å². The first-order valence-corrected chi connectivity index (χ1v) is 12.5. The number of carbonyl (C=O) groups is 1. The average Bonchev–Trinajstić information content (AvgIpc) is 3.30. The third-order valence-electron chi connectivity index (χ3n) is 4.90. The first-order chi connectivity index (χ1) is 15.9. The number of carbonyl (C=O) groups excluding carboxylic acids is 1. The topological polar surface area (TPSA) is 113 Å². The van der Waals surface area contributed by atoms with Crippen LogP contribution in [0.3, 0.4) is 0 Å². The first kappa shape index (κ1) is 22.9. The number of rotatable bonds is 8. The Hall–Kier alpha value is -3.31. The van der Waals surface area contributed by atoms with Gasteiger partial charge in [-0.15, -0.1) is 11.3 Å². The molecule has 0 radical (unpaired) electrons. The number of nitrogens with one attached hydrogen (secondary N) is 1. The molecule has 0 unspecified atom stereocenters. The Labute approximate surface area is 195 Å². The maximum absolute atomic E-state index is 12.7. The summed E-state index contributed by atoms with van der Waals surface area (Å²) in [7, 11) is -0.555. The van der Waals surface area contributed by atoms with Crippen LogP contribution in [0.4, 0.5) is 5.13 Å². The quantitative estimate of drug-likeness (QED) is 0.511. The molecule has 0 saturated carbocycles. The van der Waals surface area contributed by atoms with E-state index in [-0.39, 0.29) is 17.1 Å². The van der Waals surface area contributed by atoms with E-state index in [2.05, 4.69) is 10.3 Å². The van der Waals surface area contributed by atoms with E-state index >= 15 is 0 Å². The molecule has 1 aromatic heterocycles. The van der Waals surface area contributed by atoms with E-state index < -0.39 is 15.7 Å². The summed E-state index contributed by atoms with van der Waals surface area (Å²) in [6, 6.07) is 9.78. The van der Waals surface area contributed by atoms with Gasteiger partial charge < -0.3 is 24.3 Å². The Morgan fingerprint density at radius 2 is 1.88 bits per heavy atom. The molecule has 174 valence electrons. The number of hydrogen-bond donors (Lipinski definition) is 1. The first-order valence-electron chi connectivity index (χ1n) is 10.00. The predicted octanol–water partition coefficient (Wildman–Crippen LogP) is 3.40. The molecule has 3 aromatic rings. The summed E-state index contributed by atoms with van der Waals surface area (Å²) in [5, 5.41) is 4.79. The summed E-state index contributed by atoms with van der Waals surface area (Å²) in [5.74, 6) is 1.36. The van der Waals surface area contributed by atoms with Gasteiger partial charge in [-0.05, 0) is 30.3 Å². The average molecular weight is 491 g/mol. The van der Waals surface area contributed by atoms with Crippen LogP contribution in [0.1, 0.15) is 6.42 Å². The SMILES string of the molecule is COc1ccc(OC)c(-c2csc(NC(=O)CCS(=O)(=O)c3ccc4c(c3)OCCO4)n2)c1. The molecule has 4 rings (SSSR count). The van der Waals surface area contributed by atoms with Gasteiger partial charge in [-0.1, -0.05) is 0 Å². The molecule has 0 saturated heterocycles. The molecule has 0 bridgehead atoms. The highest BCUT2D eigenvalue weighted by atomic mass is 32.2. The molecule has 0 atom stereocenters. The third-order valence-corrected chi connectivity index (χ3v) is 7.38. The summed E-state index contributed by atoms with van der Waals surface area (Å²) in [4.78, 5) is 16.9. The Kier molecular flexibility index (Phi) is 6.70. The second kappa shape index (κ2) is 9.67. The summed E-state index contributed by atoms with van der Waals surface area (Å²) >= 11 is 1.23. The van der Waals surface area contributed by atoms with Gasteiger partial charge in [-0.3, -0.25) is 4.79 Å². The van der Waals surface area contributed by atoms with Crippen molar-refractivity contribution >= 4 is 32.2 Å². The van der Waals surface area contributed by atoms with Gasteiger partial charge in [0.25, 0.3) is 0 Å². The largest absolute Gasteiger partial charge is 0.497 e. The zero-order valence-corrected chi connectivity index (χ0v) is 19.6. The van der Waals surface area contributed by atoms with Crippen LogP contribution in [0.2, 0.25) is 0 Å². The molecule has 1 aliphatic heterocycles. The predicted molar refractivity (Wildman–Crippen MR) is 123 cm³/mol. The lowest BCUT2D eigenvalue weighted by Gasteiger charge is -2.18. The van der Waals surface area contributed by atoms with Gasteiger partial charge in [-0.2, -0.15) is 0 Å². The van der Waals surface area contributed by atoms with E-state index in [0.717, 1.165) is 5.56 Å². The highest BCUT2D eigenvalue weighted by Gasteiger charge is 2.21. The molecule has 11 heteroatoms. The lowest BCUT2D eigenvalue weighted by Crippen LogP contribution is -2.18. The number of nitrogens with zero attached hydrogens (tertiary/aromatic N) is 1. The van der Waals surface area contributed by atoms with Gasteiger partial charge in [0.2, 0.25) is 5.91 Å². The molecular weight excluding hydrogens is 468 g/mol. The van der Waals surface area contributed by atoms with Gasteiger partial charge in [-0.25, -0.2) is 13.4 Å². The van der Waals surface area contributed by atoms with Crippen LogP contribution >= 0.6 is 11.3 Å². The molecule has 9 nitrogen and oxygen atoms in total. The normalized spacial score (nSPS) is 12.8. The number of hydrogen-bond acceptors (Lipinski definition) is 9. The zero-order chi connectivity index (χ0) is 23.4. The van der Waals surface area contributed by atoms with Gasteiger partial charge in [0.05, 0.1) is 30.6 Å². The van der Waals surface area contributed by atoms with Crippen LogP contribution in [0.25, 0.3) is 11.3 Å². The molecule has 0 aliphatic carbocycles. The van der Waals surface area contributed by atoms with Gasteiger partial charge in [0.1, 0.15) is 24.7 Å². The molecule has 1 amide bonds. The second-order valence-corrected chi connectivity index (χ2v) is 9.99. The monoisotopic (exact) mass is 490 g/mol. The van der Waals surface area contributed by atoms with E-state index in [1.807, 2.05) is 0 Å². The smallest absolute Gasteiger partial charge is 0.227 e. The Morgan fingerprint density at radius 1 is 1.09 bits per heavy atom. The van der Waals surface area contributed by atoms with Crippen LogP contribution in [0.15, 0.2) is 46.7 Å². The molecule has 2 aromatic carbocycles. The maximum atomic E-state index is 12.7. The highest BCUT2D eigenvalue weighted by Crippen LogP contribution is 2.35. The van der Waals surface area contributed by atoms with Crippen molar-refractivity contribution < 1.29 is 32.2 Å². The van der Waals surface area contributed by atoms with Crippen molar-refractivity contribution in [1.29, 1.82) is 0 Å². The summed E-state index contributed by atoms with van der Waals surface area (Å²) in [6.45, 7) is 0.776. The van der Waals surface area contributed by atoms with E-state index in [9.17, 15) is 13.2 Å². The van der Waals surface area contributed by atoms with Gasteiger partial charge >= 0.3 is 0 Å². The molecule has 1 aliphatic rings. The minimum absolute atomic E-state index is 0.0844. The minimum Gasteiger partial charge on any atom is -0.497 e. The number of ether oxygens (including phenoxy) is 4. The fourth-order valence-corrected chi connectivity index (χ4v) is 5.19. The molecule has 33 heavy (non-hydrogen) atoms. The van der Waals surface area contributed by atoms with E-state index in [4.69, 9.17) is 18.9 Å². The third kappa shape index (κ3) is 5.20. The van der Waals surface area contributed by atoms with Crippen LogP contribution in [0.5, 0.6) is 23.0 Å². The number of amides is 1. The van der Waals surface area contributed by atoms with Crippen molar-refractivity contribution in [2.45, 2.75) is 11.3 Å². The molecule has 0 spiro atoms. The highest BCUT2D eigenvalue weighted by molar-refractivity contribution is 7.91. The zero-order valence-electron chi connectivity index (χ0n) is 18.0. The van der Waals surface area contributed by atoms with Crippen LogP contribution in [-0.4, -0.2) is 52.5 Å². The second-order valence-electron chi connectivity index (χ2n) is 7.03. The Balaban J connectivity index is 1.40. The van der Waals surface area contributed by atoms with Crippen LogP contribution < -0.4 is 24.3 Å². The number of thiazole rings is 1. The van der Waals surface area contributed by atoms with E-state index in [0.29, 0.717) is 47.0 Å². The lowest BCUT2D eigenvalue weighted by molar-refractivity contribution is -0.115. The van der Waals surface area contributed by atoms with Crippen molar-refractivity contribution in [1.82, 2.24) is 4.98 Å². The van der Waals surface area contributed by atoms with Crippen molar-refractivity contribution in [2.24, 2.45) is 0 Å². The molecule has 2 heterocycles. The standard InChI is InChI=1S/C22H22N2O7S2/c1-28-14-3-5-18(29-2)16(11-14)17-13-32-22(23-17)24-21(25)7-10-33(26,27)15-4-6-19-20(12-15)31-9-8-30-19/h3-6,11-13H,7-10H2,1-2H3,(H,23,24,25). The number of sulfone groups is 1. The molecule has 0 fully saturated rings. The van der Waals surface area contributed by atoms with Crippen molar-refractivity contribution in [3.05, 3.63) is 41.8 Å². The van der Waals surface area contributed by atoms with E-state index in [1.54, 1.807) is 43.9 Å². The minimum atomic E-state index is -3.68. The summed E-state index contributed by atoms with van der Waals surface area (Å²) < 4.78 is 46.9. The number of anilines is 1. The summed E-state index contributed by atoms with van der Waals surface area (Å²) in [5.41, 5.74) is 1.32. The van der Waals surface area contributed by atoms with Gasteiger partial charge in [0.15, 0.2) is 26.5 Å². The van der Waals surface area contributed by atoms with Crippen molar-refractivity contribution in [3.63, 3.8) is 0 Å². The Morgan fingerprint density at radius 3 is 2.64 bits per heavy atom. The van der Waals surface area contributed by atoms with Crippen molar-refractivity contribution in [3.8, 4) is 34.3 Å². The fourth-order valence-electron chi connectivity index (χ4n) is 3.21. The molecular formula is C22H22N2O7S2. The molecule has 1 N–H and O–H groups in total. The Bertz CT molecular complexity index is 1270. The number of fused-ring (bicyclic) bond motifs is 1. The van der Waals surface area contributed by atoms with Crippen molar-refractivity contribution in [2.75, 3.05) is 38.5 Å². The maximum Gasteiger partial charge on any atom is 0.227 e. The lowest BCUT2D eigenvalue weighted by atomic mass is 10.1. The number of benzene rings is 2. The number of methoxy groups -OCH3 is 2. The van der Waals surface area contributed by atoms with Gasteiger partial charge in [0, 0.05) is 23.4 Å². The van der Waals surface area contributed by atoms with Crippen LogP contribution in [0, 0.1) is 0 Å². The fraction of sp³-hybridized carbons (Fsp3) is 0.273. The van der Waals surface area contributed by atoms with Crippen LogP contribution in [-0.2, 0) is 14.6 Å².